The van der Waals surface area contributed by atoms with Gasteiger partial charge >= 0.3 is 0 Å². The van der Waals surface area contributed by atoms with E-state index >= 15 is 0 Å². The van der Waals surface area contributed by atoms with Crippen LogP contribution < -0.4 is 4.90 Å². The third kappa shape index (κ3) is 3.75. The van der Waals surface area contributed by atoms with E-state index in [4.69, 9.17) is 12.2 Å². The first-order valence-electron chi connectivity index (χ1n) is 8.76. The van der Waals surface area contributed by atoms with E-state index in [1.807, 2.05) is 31.2 Å². The minimum atomic E-state index is 0.472. The number of nitrogens with one attached hydrogen (secondary N) is 1. The van der Waals surface area contributed by atoms with E-state index in [0.29, 0.717) is 10.6 Å². The van der Waals surface area contributed by atoms with Crippen LogP contribution in [0.15, 0.2) is 53.6 Å². The SMILES string of the molecule is CCN(CC)c1ccc(/C=N\n2c(-c3ccccc3C)n[nH]c2=S)cc1. The molecule has 1 N–H and O–H groups in total. The summed E-state index contributed by atoms with van der Waals surface area (Å²) in [7, 11) is 0. The van der Waals surface area contributed by atoms with Gasteiger partial charge in [-0.3, -0.25) is 0 Å². The van der Waals surface area contributed by atoms with E-state index in [-0.39, 0.29) is 0 Å². The van der Waals surface area contributed by atoms with Crippen molar-refractivity contribution in [2.75, 3.05) is 18.0 Å². The topological polar surface area (TPSA) is 49.2 Å². The highest BCUT2D eigenvalue weighted by atomic mass is 32.1. The van der Waals surface area contributed by atoms with Crippen LogP contribution in [0.25, 0.3) is 11.4 Å². The lowest BCUT2D eigenvalue weighted by Gasteiger charge is -2.20. The molecule has 0 aliphatic carbocycles. The largest absolute Gasteiger partial charge is 0.372 e. The van der Waals surface area contributed by atoms with Gasteiger partial charge in [-0.2, -0.15) is 14.9 Å². The number of anilines is 1. The quantitative estimate of drug-likeness (QED) is 0.511. The Kier molecular flexibility index (Phi) is 5.63. The van der Waals surface area contributed by atoms with Crippen molar-refractivity contribution in [3.63, 3.8) is 0 Å². The predicted octanol–water partition coefficient (Wildman–Crippen LogP) is 4.64. The summed E-state index contributed by atoms with van der Waals surface area (Å²) < 4.78 is 2.13. The first-order chi connectivity index (χ1) is 12.6. The molecule has 0 spiro atoms. The third-order valence-corrected chi connectivity index (χ3v) is 4.64. The van der Waals surface area contributed by atoms with Gasteiger partial charge in [-0.05, 0) is 56.2 Å². The Morgan fingerprint density at radius 1 is 1.12 bits per heavy atom. The molecular formula is C20H23N5S. The average molecular weight is 366 g/mol. The Labute approximate surface area is 159 Å². The maximum Gasteiger partial charge on any atom is 0.216 e. The normalized spacial score (nSPS) is 11.2. The van der Waals surface area contributed by atoms with Crippen LogP contribution >= 0.6 is 12.2 Å². The lowest BCUT2D eigenvalue weighted by Crippen LogP contribution is -2.21. The Balaban J connectivity index is 1.89. The van der Waals surface area contributed by atoms with Crippen molar-refractivity contribution in [1.29, 1.82) is 0 Å². The lowest BCUT2D eigenvalue weighted by atomic mass is 10.1. The second-order valence-electron chi connectivity index (χ2n) is 5.99. The first kappa shape index (κ1) is 18.1. The monoisotopic (exact) mass is 365 g/mol. The molecule has 134 valence electrons. The molecule has 0 aliphatic rings. The molecule has 26 heavy (non-hydrogen) atoms. The minimum Gasteiger partial charge on any atom is -0.372 e. The summed E-state index contributed by atoms with van der Waals surface area (Å²) in [4.78, 5) is 2.31. The molecule has 5 nitrogen and oxygen atoms in total. The molecule has 6 heteroatoms. The molecule has 2 aromatic carbocycles. The zero-order valence-electron chi connectivity index (χ0n) is 15.3. The number of H-pyrrole nitrogens is 1. The van der Waals surface area contributed by atoms with Crippen LogP contribution in [0.3, 0.4) is 0 Å². The second kappa shape index (κ2) is 8.10. The molecule has 1 aromatic heterocycles. The third-order valence-electron chi connectivity index (χ3n) is 4.38. The Morgan fingerprint density at radius 3 is 2.46 bits per heavy atom. The van der Waals surface area contributed by atoms with Crippen molar-refractivity contribution in [2.45, 2.75) is 20.8 Å². The summed E-state index contributed by atoms with van der Waals surface area (Å²) in [6.07, 6.45) is 1.80. The molecule has 3 rings (SSSR count). The maximum absolute atomic E-state index is 5.34. The molecule has 0 fully saturated rings. The van der Waals surface area contributed by atoms with E-state index in [2.05, 4.69) is 58.3 Å². The summed E-state index contributed by atoms with van der Waals surface area (Å²) >= 11 is 5.34. The average Bonchev–Trinajstić information content (AvgIpc) is 3.03. The number of benzene rings is 2. The summed E-state index contributed by atoms with van der Waals surface area (Å²) in [5.74, 6) is 0.712. The molecule has 0 saturated carbocycles. The van der Waals surface area contributed by atoms with E-state index in [9.17, 15) is 0 Å². The highest BCUT2D eigenvalue weighted by Crippen LogP contribution is 2.21. The van der Waals surface area contributed by atoms with Gasteiger partial charge in [0.05, 0.1) is 6.21 Å². The van der Waals surface area contributed by atoms with Gasteiger partial charge in [0.15, 0.2) is 5.82 Å². The van der Waals surface area contributed by atoms with Gasteiger partial charge in [0.25, 0.3) is 0 Å². The molecule has 3 aromatic rings. The van der Waals surface area contributed by atoms with Crippen LogP contribution in [0, 0.1) is 11.7 Å². The molecule has 0 saturated heterocycles. The fraction of sp³-hybridized carbons (Fsp3) is 0.250. The molecule has 0 bridgehead atoms. The minimum absolute atomic E-state index is 0.472. The van der Waals surface area contributed by atoms with Crippen molar-refractivity contribution in [3.05, 3.63) is 64.4 Å². The highest BCUT2D eigenvalue weighted by Gasteiger charge is 2.10. The van der Waals surface area contributed by atoms with Gasteiger partial charge < -0.3 is 4.90 Å². The zero-order valence-corrected chi connectivity index (χ0v) is 16.1. The highest BCUT2D eigenvalue weighted by molar-refractivity contribution is 7.71. The molecule has 1 heterocycles. The van der Waals surface area contributed by atoms with Gasteiger partial charge in [-0.1, -0.05) is 36.4 Å². The van der Waals surface area contributed by atoms with Crippen LogP contribution in [0.1, 0.15) is 25.0 Å². The van der Waals surface area contributed by atoms with Crippen molar-refractivity contribution >= 4 is 24.1 Å². The van der Waals surface area contributed by atoms with E-state index < -0.39 is 0 Å². The lowest BCUT2D eigenvalue weighted by molar-refractivity contribution is 0.865. The van der Waals surface area contributed by atoms with Crippen molar-refractivity contribution in [3.8, 4) is 11.4 Å². The summed E-state index contributed by atoms with van der Waals surface area (Å²) in [5.41, 5.74) is 4.36. The van der Waals surface area contributed by atoms with Crippen molar-refractivity contribution < 1.29 is 0 Å². The number of rotatable bonds is 6. The first-order valence-corrected chi connectivity index (χ1v) is 9.17. The maximum atomic E-state index is 5.34. The number of hydrogen-bond donors (Lipinski definition) is 1. The van der Waals surface area contributed by atoms with E-state index in [1.54, 1.807) is 10.9 Å². The fourth-order valence-electron chi connectivity index (χ4n) is 2.88. The summed E-state index contributed by atoms with van der Waals surface area (Å²) in [5, 5.41) is 11.7. The number of nitrogens with zero attached hydrogens (tertiary/aromatic N) is 4. The van der Waals surface area contributed by atoms with Crippen molar-refractivity contribution in [1.82, 2.24) is 14.9 Å². The van der Waals surface area contributed by atoms with Gasteiger partial charge in [0, 0.05) is 24.3 Å². The Bertz CT molecular complexity index is 949. The van der Waals surface area contributed by atoms with Gasteiger partial charge in [-0.15, -0.1) is 0 Å². The molecule has 0 atom stereocenters. The predicted molar refractivity (Wildman–Crippen MR) is 111 cm³/mol. The Morgan fingerprint density at radius 2 is 1.81 bits per heavy atom. The van der Waals surface area contributed by atoms with Crippen molar-refractivity contribution in [2.24, 2.45) is 5.10 Å². The van der Waals surface area contributed by atoms with E-state index in [0.717, 1.165) is 29.8 Å². The van der Waals surface area contributed by atoms with Crippen LogP contribution in [-0.2, 0) is 0 Å². The van der Waals surface area contributed by atoms with Crippen LogP contribution in [0.2, 0.25) is 0 Å². The molecule has 0 radical (unpaired) electrons. The number of aromatic amines is 1. The molecule has 0 aliphatic heterocycles. The van der Waals surface area contributed by atoms with Gasteiger partial charge in [0.2, 0.25) is 4.77 Å². The number of aromatic nitrogens is 3. The fourth-order valence-corrected chi connectivity index (χ4v) is 3.06. The second-order valence-corrected chi connectivity index (χ2v) is 6.37. The van der Waals surface area contributed by atoms with Crippen LogP contribution in [-0.4, -0.2) is 34.2 Å². The number of aryl methyl sites for hydroxylation is 1. The molecule has 0 amide bonds. The van der Waals surface area contributed by atoms with Crippen LogP contribution in [0.5, 0.6) is 0 Å². The standard InChI is InChI=1S/C20H23N5S/c1-4-24(5-2)17-12-10-16(11-13-17)14-21-25-19(22-23-20(25)26)18-9-7-6-8-15(18)3/h6-14H,4-5H2,1-3H3,(H,23,26)/b21-14-. The van der Waals surface area contributed by atoms with E-state index in [1.165, 1.54) is 5.69 Å². The Hall–Kier alpha value is -2.73. The zero-order chi connectivity index (χ0) is 18.5. The smallest absolute Gasteiger partial charge is 0.216 e. The summed E-state index contributed by atoms with van der Waals surface area (Å²) in [6, 6.07) is 16.4. The molecular weight excluding hydrogens is 342 g/mol. The van der Waals surface area contributed by atoms with Crippen LogP contribution in [0.4, 0.5) is 5.69 Å². The van der Waals surface area contributed by atoms with Gasteiger partial charge in [0.1, 0.15) is 0 Å². The number of hydrogen-bond acceptors (Lipinski definition) is 4. The molecule has 0 unspecified atom stereocenters. The summed E-state index contributed by atoms with van der Waals surface area (Å²) in [6.45, 7) is 8.36. The van der Waals surface area contributed by atoms with Gasteiger partial charge in [-0.25, -0.2) is 5.10 Å².